The summed E-state index contributed by atoms with van der Waals surface area (Å²) in [4.78, 5) is 10.9. The Morgan fingerprint density at radius 2 is 2.27 bits per heavy atom. The van der Waals surface area contributed by atoms with Crippen LogP contribution >= 0.6 is 11.3 Å². The average molecular weight is 236 g/mol. The number of aliphatic hydroxyl groups is 1. The minimum absolute atomic E-state index is 0.111. The number of carbonyl (C=O) groups is 1. The largest absolute Gasteiger partial charge is 0.462 e. The third-order valence-electron chi connectivity index (χ3n) is 1.64. The molecule has 0 aliphatic rings. The molecular formula is C9H10F2O3S. The van der Waals surface area contributed by atoms with Gasteiger partial charge < -0.3 is 9.84 Å². The molecule has 0 aromatic carbocycles. The Bertz CT molecular complexity index is 349. The number of aliphatic hydroxyl groups excluding tert-OH is 1. The van der Waals surface area contributed by atoms with Crippen LogP contribution in [0.15, 0.2) is 12.1 Å². The minimum Gasteiger partial charge on any atom is -0.462 e. The molecule has 0 atom stereocenters. The molecule has 1 aromatic heterocycles. The Hall–Kier alpha value is -1.01. The highest BCUT2D eigenvalue weighted by Crippen LogP contribution is 2.33. The number of thiophene rings is 1. The van der Waals surface area contributed by atoms with Crippen molar-refractivity contribution < 1.29 is 23.4 Å². The molecule has 0 aliphatic heterocycles. The lowest BCUT2D eigenvalue weighted by Crippen LogP contribution is -2.16. The Morgan fingerprint density at radius 3 is 2.80 bits per heavy atom. The molecule has 0 saturated heterocycles. The van der Waals surface area contributed by atoms with Crippen molar-refractivity contribution in [1.29, 1.82) is 0 Å². The molecule has 0 fully saturated rings. The molecule has 84 valence electrons. The summed E-state index contributed by atoms with van der Waals surface area (Å²) in [5.74, 6) is -3.92. The summed E-state index contributed by atoms with van der Waals surface area (Å²) in [6.45, 7) is 0.562. The SMILES string of the molecule is CCOC(=O)c1ccc(C(F)(F)CO)s1. The van der Waals surface area contributed by atoms with Gasteiger partial charge in [-0.1, -0.05) is 0 Å². The number of halogens is 2. The molecule has 15 heavy (non-hydrogen) atoms. The standard InChI is InChI=1S/C9H10F2O3S/c1-2-14-8(13)6-3-4-7(15-6)9(10,11)5-12/h3-4,12H,2,5H2,1H3. The first-order valence-electron chi connectivity index (χ1n) is 4.27. The number of ether oxygens (including phenoxy) is 1. The van der Waals surface area contributed by atoms with Gasteiger partial charge in [-0.2, -0.15) is 8.78 Å². The van der Waals surface area contributed by atoms with Crippen LogP contribution in [0, 0.1) is 0 Å². The summed E-state index contributed by atoms with van der Waals surface area (Å²) in [6.07, 6.45) is 0. The van der Waals surface area contributed by atoms with E-state index < -0.39 is 18.5 Å². The molecule has 3 nitrogen and oxygen atoms in total. The van der Waals surface area contributed by atoms with Gasteiger partial charge >= 0.3 is 11.9 Å². The minimum atomic E-state index is -3.30. The molecule has 1 aromatic rings. The number of carbonyl (C=O) groups excluding carboxylic acids is 1. The van der Waals surface area contributed by atoms with Crippen LogP contribution in [0.5, 0.6) is 0 Å². The van der Waals surface area contributed by atoms with E-state index in [2.05, 4.69) is 4.74 Å². The van der Waals surface area contributed by atoms with Crippen LogP contribution < -0.4 is 0 Å². The van der Waals surface area contributed by atoms with E-state index in [1.807, 2.05) is 0 Å². The summed E-state index contributed by atoms with van der Waals surface area (Å²) in [7, 11) is 0. The van der Waals surface area contributed by atoms with E-state index in [9.17, 15) is 13.6 Å². The second kappa shape index (κ2) is 4.67. The Morgan fingerprint density at radius 1 is 1.60 bits per heavy atom. The van der Waals surface area contributed by atoms with Crippen LogP contribution in [0.25, 0.3) is 0 Å². The van der Waals surface area contributed by atoms with Gasteiger partial charge in [0.15, 0.2) is 0 Å². The van der Waals surface area contributed by atoms with Crippen molar-refractivity contribution in [2.24, 2.45) is 0 Å². The number of esters is 1. The zero-order chi connectivity index (χ0) is 11.5. The van der Waals surface area contributed by atoms with Gasteiger partial charge in [-0.05, 0) is 19.1 Å². The van der Waals surface area contributed by atoms with E-state index in [0.29, 0.717) is 11.3 Å². The lowest BCUT2D eigenvalue weighted by Gasteiger charge is -2.09. The molecule has 0 bridgehead atoms. The highest BCUT2D eigenvalue weighted by molar-refractivity contribution is 7.14. The van der Waals surface area contributed by atoms with E-state index in [1.54, 1.807) is 6.92 Å². The quantitative estimate of drug-likeness (QED) is 0.813. The Kier molecular flexibility index (Phi) is 3.76. The first-order valence-corrected chi connectivity index (χ1v) is 5.09. The van der Waals surface area contributed by atoms with E-state index in [-0.39, 0.29) is 16.4 Å². The second-order valence-electron chi connectivity index (χ2n) is 2.75. The van der Waals surface area contributed by atoms with E-state index in [0.717, 1.165) is 6.07 Å². The molecule has 1 rings (SSSR count). The summed E-state index contributed by atoms with van der Waals surface area (Å²) in [5.41, 5.74) is 0. The van der Waals surface area contributed by atoms with Crippen molar-refractivity contribution in [3.63, 3.8) is 0 Å². The van der Waals surface area contributed by atoms with Crippen molar-refractivity contribution in [3.8, 4) is 0 Å². The average Bonchev–Trinajstić information content (AvgIpc) is 2.67. The summed E-state index contributed by atoms with van der Waals surface area (Å²) < 4.78 is 30.6. The van der Waals surface area contributed by atoms with Gasteiger partial charge in [0.1, 0.15) is 11.5 Å². The molecule has 0 radical (unpaired) electrons. The van der Waals surface area contributed by atoms with Gasteiger partial charge in [0.05, 0.1) is 11.5 Å². The van der Waals surface area contributed by atoms with Crippen LogP contribution in [-0.2, 0) is 10.7 Å². The molecule has 0 amide bonds. The van der Waals surface area contributed by atoms with Crippen LogP contribution in [0.2, 0.25) is 0 Å². The van der Waals surface area contributed by atoms with Crippen molar-refractivity contribution in [1.82, 2.24) is 0 Å². The lowest BCUT2D eigenvalue weighted by atomic mass is 10.3. The zero-order valence-corrected chi connectivity index (χ0v) is 8.81. The molecule has 0 unspecified atom stereocenters. The smallest absolute Gasteiger partial charge is 0.348 e. The normalized spacial score (nSPS) is 11.5. The molecule has 0 aliphatic carbocycles. The summed E-state index contributed by atoms with van der Waals surface area (Å²) in [5, 5.41) is 8.44. The lowest BCUT2D eigenvalue weighted by molar-refractivity contribution is -0.0524. The molecule has 6 heteroatoms. The molecule has 0 spiro atoms. The van der Waals surface area contributed by atoms with Crippen molar-refractivity contribution >= 4 is 17.3 Å². The van der Waals surface area contributed by atoms with Gasteiger partial charge in [0, 0.05) is 0 Å². The van der Waals surface area contributed by atoms with Crippen molar-refractivity contribution in [2.75, 3.05) is 13.2 Å². The second-order valence-corrected chi connectivity index (χ2v) is 3.83. The number of hydrogen-bond donors (Lipinski definition) is 1. The van der Waals surface area contributed by atoms with Gasteiger partial charge in [0.2, 0.25) is 0 Å². The fraction of sp³-hybridized carbons (Fsp3) is 0.444. The molecule has 1 heterocycles. The highest BCUT2D eigenvalue weighted by atomic mass is 32.1. The van der Waals surface area contributed by atoms with Crippen molar-refractivity contribution in [2.45, 2.75) is 12.8 Å². The first-order chi connectivity index (χ1) is 7.01. The highest BCUT2D eigenvalue weighted by Gasteiger charge is 2.33. The summed E-state index contributed by atoms with van der Waals surface area (Å²) >= 11 is 0.628. The number of alkyl halides is 2. The van der Waals surface area contributed by atoms with Crippen LogP contribution in [0.3, 0.4) is 0 Å². The zero-order valence-electron chi connectivity index (χ0n) is 8.00. The van der Waals surface area contributed by atoms with Gasteiger partial charge in [-0.15, -0.1) is 11.3 Å². The summed E-state index contributed by atoms with van der Waals surface area (Å²) in [6, 6.07) is 2.38. The fourth-order valence-corrected chi connectivity index (χ4v) is 1.79. The fourth-order valence-electron chi connectivity index (χ4n) is 0.924. The van der Waals surface area contributed by atoms with Gasteiger partial charge in [0.25, 0.3) is 0 Å². The van der Waals surface area contributed by atoms with E-state index >= 15 is 0 Å². The number of hydrogen-bond acceptors (Lipinski definition) is 4. The van der Waals surface area contributed by atoms with Gasteiger partial charge in [-0.25, -0.2) is 4.79 Å². The van der Waals surface area contributed by atoms with Gasteiger partial charge in [-0.3, -0.25) is 0 Å². The molecule has 0 saturated carbocycles. The maximum absolute atomic E-state index is 13.0. The van der Waals surface area contributed by atoms with Crippen LogP contribution in [0.4, 0.5) is 8.78 Å². The van der Waals surface area contributed by atoms with E-state index in [4.69, 9.17) is 5.11 Å². The third kappa shape index (κ3) is 2.73. The third-order valence-corrected chi connectivity index (χ3v) is 2.82. The van der Waals surface area contributed by atoms with Crippen molar-refractivity contribution in [3.05, 3.63) is 21.9 Å². The maximum Gasteiger partial charge on any atom is 0.348 e. The van der Waals surface area contributed by atoms with E-state index in [1.165, 1.54) is 6.07 Å². The van der Waals surface area contributed by atoms with Crippen LogP contribution in [0.1, 0.15) is 21.5 Å². The Balaban J connectivity index is 2.85. The number of rotatable bonds is 4. The predicted molar refractivity (Wildman–Crippen MR) is 51.3 cm³/mol. The predicted octanol–water partition coefficient (Wildman–Crippen LogP) is 2.01. The molecular weight excluding hydrogens is 226 g/mol. The monoisotopic (exact) mass is 236 g/mol. The Labute approximate surface area is 89.3 Å². The molecule has 1 N–H and O–H groups in total. The maximum atomic E-state index is 13.0. The topological polar surface area (TPSA) is 46.5 Å². The first kappa shape index (κ1) is 12.1. The van der Waals surface area contributed by atoms with Crippen LogP contribution in [-0.4, -0.2) is 24.3 Å².